The fourth-order valence-corrected chi connectivity index (χ4v) is 6.64. The van der Waals surface area contributed by atoms with Crippen LogP contribution in [-0.2, 0) is 24.1 Å². The van der Waals surface area contributed by atoms with E-state index in [9.17, 15) is 9.59 Å². The maximum Gasteiger partial charge on any atom is 0.224 e. The summed E-state index contributed by atoms with van der Waals surface area (Å²) in [6.45, 7) is 9.48. The van der Waals surface area contributed by atoms with Crippen LogP contribution in [0.15, 0.2) is 40.7 Å². The van der Waals surface area contributed by atoms with Crippen LogP contribution in [0.5, 0.6) is 5.75 Å². The first-order valence-electron chi connectivity index (χ1n) is 14.1. The number of rotatable bonds is 14. The predicted molar refractivity (Wildman–Crippen MR) is 165 cm³/mol. The lowest BCUT2D eigenvalue weighted by Crippen LogP contribution is -2.14. The Morgan fingerprint density at radius 2 is 1.88 bits per heavy atom. The number of aryl methyl sites for hydroxylation is 2. The molecule has 1 aromatic heterocycles. The number of benzene rings is 2. The van der Waals surface area contributed by atoms with Crippen molar-refractivity contribution in [3.05, 3.63) is 58.7 Å². The summed E-state index contributed by atoms with van der Waals surface area (Å²) in [4.78, 5) is 25.6. The topological polar surface area (TPSA) is 107 Å². The summed E-state index contributed by atoms with van der Waals surface area (Å²) in [7, 11) is 0. The number of hydrogen-bond donors (Lipinski definition) is 2. The average Bonchev–Trinajstić information content (AvgIpc) is 3.46. The molecule has 1 amide bonds. The zero-order chi connectivity index (χ0) is 28.6. The first-order valence-corrected chi connectivity index (χ1v) is 15.8. The number of aromatic nitrogens is 2. The molecule has 3 aromatic rings. The van der Waals surface area contributed by atoms with Crippen LogP contribution in [0.2, 0.25) is 0 Å². The van der Waals surface area contributed by atoms with Gasteiger partial charge in [0.05, 0.1) is 11.9 Å². The lowest BCUT2D eigenvalue weighted by Gasteiger charge is -2.15. The van der Waals surface area contributed by atoms with Gasteiger partial charge in [0, 0.05) is 17.7 Å². The van der Waals surface area contributed by atoms with Crippen molar-refractivity contribution in [3.8, 4) is 5.75 Å². The Balaban J connectivity index is 1.26. The minimum absolute atomic E-state index is 0.0433. The molecule has 0 saturated carbocycles. The van der Waals surface area contributed by atoms with Crippen LogP contribution in [-0.4, -0.2) is 33.7 Å². The number of nitrogens with zero attached hydrogens (tertiary/aromatic N) is 2. The summed E-state index contributed by atoms with van der Waals surface area (Å²) in [6, 6.07) is 12.1. The van der Waals surface area contributed by atoms with Crippen molar-refractivity contribution in [2.24, 2.45) is 11.8 Å². The van der Waals surface area contributed by atoms with E-state index in [0.29, 0.717) is 58.4 Å². The van der Waals surface area contributed by atoms with Gasteiger partial charge in [0.2, 0.25) is 11.0 Å². The molecular formula is C31H40N4O3S2. The number of Topliss-reactive ketones (excluding diaryl/α,β-unsaturated/α-hetero) is 1. The van der Waals surface area contributed by atoms with E-state index in [2.05, 4.69) is 61.4 Å². The number of nitrogens with two attached hydrogens (primary N) is 1. The van der Waals surface area contributed by atoms with E-state index in [1.807, 2.05) is 12.1 Å². The van der Waals surface area contributed by atoms with Crippen LogP contribution in [0, 0.1) is 11.8 Å². The van der Waals surface area contributed by atoms with Gasteiger partial charge in [0.25, 0.3) is 0 Å². The summed E-state index contributed by atoms with van der Waals surface area (Å²) < 4.78 is 6.83. The first kappa shape index (κ1) is 30.1. The van der Waals surface area contributed by atoms with Gasteiger partial charge in [-0.25, -0.2) is 0 Å². The number of carbonyl (C=O) groups is 2. The third-order valence-corrected chi connectivity index (χ3v) is 8.99. The molecule has 4 rings (SSSR count). The highest BCUT2D eigenvalue weighted by atomic mass is 32.2. The second-order valence-corrected chi connectivity index (χ2v) is 13.7. The molecule has 40 heavy (non-hydrogen) atoms. The summed E-state index contributed by atoms with van der Waals surface area (Å²) in [5.74, 6) is 2.19. The standard InChI is InChI=1S/C31H40N4O3S2/c1-19(2)7-9-21-10-14-26(23(16-21)11-8-20(3)4)38-15-5-6-28(36)33-24-13-12-22-17-27(29(37)25(22)18-24)39-31-35-34-30(32)40-31/h10,12-14,16,18-20,27H,5-9,11,15,17H2,1-4H3,(H2,32,34)(H,33,36)/t27-/m0/s1. The largest absolute Gasteiger partial charge is 0.493 e. The van der Waals surface area contributed by atoms with Gasteiger partial charge in [-0.1, -0.05) is 69.0 Å². The molecule has 1 atom stereocenters. The van der Waals surface area contributed by atoms with Crippen LogP contribution in [0.25, 0.3) is 0 Å². The molecule has 214 valence electrons. The van der Waals surface area contributed by atoms with E-state index in [-0.39, 0.29) is 16.9 Å². The molecule has 9 heteroatoms. The molecule has 0 bridgehead atoms. The molecule has 7 nitrogen and oxygen atoms in total. The van der Waals surface area contributed by atoms with Crippen LogP contribution in [0.3, 0.4) is 0 Å². The zero-order valence-corrected chi connectivity index (χ0v) is 25.5. The van der Waals surface area contributed by atoms with Gasteiger partial charge in [0.1, 0.15) is 5.75 Å². The molecule has 0 fully saturated rings. The second kappa shape index (κ2) is 14.1. The minimum Gasteiger partial charge on any atom is -0.493 e. The Bertz CT molecular complexity index is 1320. The lowest BCUT2D eigenvalue weighted by molar-refractivity contribution is -0.116. The molecular weight excluding hydrogens is 541 g/mol. The van der Waals surface area contributed by atoms with Crippen molar-refractivity contribution in [1.82, 2.24) is 10.2 Å². The van der Waals surface area contributed by atoms with Gasteiger partial charge in [-0.2, -0.15) is 0 Å². The number of ketones is 1. The number of thioether (sulfide) groups is 1. The molecule has 1 heterocycles. The van der Waals surface area contributed by atoms with Gasteiger partial charge in [-0.05, 0) is 85.3 Å². The molecule has 0 unspecified atom stereocenters. The van der Waals surface area contributed by atoms with Crippen LogP contribution in [0.4, 0.5) is 10.8 Å². The average molecular weight is 581 g/mol. The fourth-order valence-electron chi connectivity index (χ4n) is 4.67. The molecule has 0 spiro atoms. The van der Waals surface area contributed by atoms with Crippen molar-refractivity contribution in [1.29, 1.82) is 0 Å². The number of fused-ring (bicyclic) bond motifs is 1. The third kappa shape index (κ3) is 8.54. The zero-order valence-electron chi connectivity index (χ0n) is 23.9. The molecule has 2 aromatic carbocycles. The quantitative estimate of drug-likeness (QED) is 0.198. The van der Waals surface area contributed by atoms with E-state index in [1.165, 1.54) is 40.6 Å². The number of ether oxygens (including phenoxy) is 1. The molecule has 1 aliphatic rings. The molecule has 0 radical (unpaired) electrons. The Morgan fingerprint density at radius 1 is 1.10 bits per heavy atom. The van der Waals surface area contributed by atoms with Gasteiger partial charge >= 0.3 is 0 Å². The second-order valence-electron chi connectivity index (χ2n) is 11.3. The number of carbonyl (C=O) groups excluding carboxylic acids is 2. The minimum atomic E-state index is -0.250. The van der Waals surface area contributed by atoms with E-state index < -0.39 is 0 Å². The smallest absolute Gasteiger partial charge is 0.224 e. The van der Waals surface area contributed by atoms with Crippen molar-refractivity contribution >= 4 is 45.6 Å². The third-order valence-electron chi connectivity index (χ3n) is 6.95. The van der Waals surface area contributed by atoms with Crippen molar-refractivity contribution in [2.45, 2.75) is 82.2 Å². The predicted octanol–water partition coefficient (Wildman–Crippen LogP) is 6.99. The Hall–Kier alpha value is -2.91. The lowest BCUT2D eigenvalue weighted by atomic mass is 9.97. The number of nitrogen functional groups attached to an aromatic ring is 1. The van der Waals surface area contributed by atoms with E-state index in [4.69, 9.17) is 10.5 Å². The van der Waals surface area contributed by atoms with Gasteiger partial charge in [-0.15, -0.1) is 10.2 Å². The summed E-state index contributed by atoms with van der Waals surface area (Å²) in [5.41, 5.74) is 10.6. The highest BCUT2D eigenvalue weighted by molar-refractivity contribution is 8.02. The highest BCUT2D eigenvalue weighted by Crippen LogP contribution is 2.37. The van der Waals surface area contributed by atoms with Crippen molar-refractivity contribution < 1.29 is 14.3 Å². The maximum atomic E-state index is 13.0. The normalized spacial score (nSPS) is 14.7. The van der Waals surface area contributed by atoms with Gasteiger partial charge in [0.15, 0.2) is 10.1 Å². The Kier molecular flexibility index (Phi) is 10.6. The van der Waals surface area contributed by atoms with Gasteiger partial charge < -0.3 is 15.8 Å². The molecule has 0 saturated heterocycles. The monoisotopic (exact) mass is 580 g/mol. The SMILES string of the molecule is CC(C)CCc1ccc(OCCCC(=O)Nc2ccc3c(c2)C(=O)[C@@H](Sc2nnc(N)s2)C3)c(CCC(C)C)c1. The van der Waals surface area contributed by atoms with E-state index in [0.717, 1.165) is 30.6 Å². The number of amides is 1. The fraction of sp³-hybridized carbons (Fsp3) is 0.484. The first-order chi connectivity index (χ1) is 19.2. The van der Waals surface area contributed by atoms with Crippen molar-refractivity contribution in [2.75, 3.05) is 17.7 Å². The molecule has 3 N–H and O–H groups in total. The summed E-state index contributed by atoms with van der Waals surface area (Å²) in [6.07, 6.45) is 5.95. The van der Waals surface area contributed by atoms with E-state index >= 15 is 0 Å². The van der Waals surface area contributed by atoms with Crippen LogP contribution >= 0.6 is 23.1 Å². The number of hydrogen-bond acceptors (Lipinski definition) is 8. The number of nitrogens with one attached hydrogen (secondary N) is 1. The van der Waals surface area contributed by atoms with Crippen molar-refractivity contribution in [3.63, 3.8) is 0 Å². The van der Waals surface area contributed by atoms with Crippen LogP contribution in [0.1, 0.15) is 80.4 Å². The summed E-state index contributed by atoms with van der Waals surface area (Å²) in [5, 5.41) is 10.9. The maximum absolute atomic E-state index is 13.0. The van der Waals surface area contributed by atoms with Gasteiger partial charge in [-0.3, -0.25) is 9.59 Å². The Morgan fingerprint density at radius 3 is 2.60 bits per heavy atom. The molecule has 1 aliphatic carbocycles. The number of anilines is 2. The van der Waals surface area contributed by atoms with Crippen LogP contribution < -0.4 is 15.8 Å². The van der Waals surface area contributed by atoms with E-state index in [1.54, 1.807) is 6.07 Å². The summed E-state index contributed by atoms with van der Waals surface area (Å²) >= 11 is 2.67. The highest BCUT2D eigenvalue weighted by Gasteiger charge is 2.32. The Labute approximate surface area is 245 Å². The molecule has 0 aliphatic heterocycles.